The van der Waals surface area contributed by atoms with E-state index < -0.39 is 0 Å². The molecule has 3 aromatic rings. The molecule has 2 aromatic carbocycles. The van der Waals surface area contributed by atoms with Crippen molar-refractivity contribution in [1.29, 1.82) is 0 Å². The number of aromatic nitrogens is 1. The predicted molar refractivity (Wildman–Crippen MR) is 121 cm³/mol. The molecular weight excluding hydrogens is 407 g/mol. The molecule has 0 spiro atoms. The van der Waals surface area contributed by atoms with Gasteiger partial charge >= 0.3 is 5.97 Å². The van der Waals surface area contributed by atoms with Gasteiger partial charge in [-0.05, 0) is 67.5 Å². The molecule has 166 valence electrons. The molecule has 1 aliphatic rings. The van der Waals surface area contributed by atoms with Gasteiger partial charge in [0.15, 0.2) is 0 Å². The summed E-state index contributed by atoms with van der Waals surface area (Å²) in [5, 5.41) is 0.855. The average molecular weight is 435 g/mol. The number of fused-ring (bicyclic) bond motifs is 1. The number of carbonyl (C=O) groups is 2. The second-order valence-corrected chi connectivity index (χ2v) is 8.17. The van der Waals surface area contributed by atoms with Gasteiger partial charge in [0.25, 0.3) is 5.91 Å². The highest BCUT2D eigenvalue weighted by Gasteiger charge is 2.32. The molecule has 0 aliphatic carbocycles. The van der Waals surface area contributed by atoms with Crippen LogP contribution >= 0.6 is 0 Å². The van der Waals surface area contributed by atoms with Crippen molar-refractivity contribution < 1.29 is 18.7 Å². The zero-order chi connectivity index (χ0) is 22.5. The van der Waals surface area contributed by atoms with Gasteiger partial charge in [-0.2, -0.15) is 0 Å². The van der Waals surface area contributed by atoms with Crippen LogP contribution in [-0.2, 0) is 9.53 Å². The topological polar surface area (TPSA) is 59.5 Å². The normalized spacial score (nSPS) is 15.5. The van der Waals surface area contributed by atoms with Crippen molar-refractivity contribution in [3.05, 3.63) is 77.7 Å². The second-order valence-electron chi connectivity index (χ2n) is 8.17. The minimum absolute atomic E-state index is 0.00535. The van der Waals surface area contributed by atoms with Gasteiger partial charge < -0.3 is 9.64 Å². The van der Waals surface area contributed by atoms with Crippen molar-refractivity contribution in [2.45, 2.75) is 32.1 Å². The second kappa shape index (κ2) is 9.90. The lowest BCUT2D eigenvalue weighted by molar-refractivity contribution is -0.144. The van der Waals surface area contributed by atoms with E-state index in [9.17, 15) is 14.0 Å². The molecular formula is C26H27FN2O3. The lowest BCUT2D eigenvalue weighted by Crippen LogP contribution is -2.40. The summed E-state index contributed by atoms with van der Waals surface area (Å²) >= 11 is 0. The van der Waals surface area contributed by atoms with Crippen LogP contribution in [0.25, 0.3) is 10.9 Å². The van der Waals surface area contributed by atoms with E-state index in [1.807, 2.05) is 35.2 Å². The monoisotopic (exact) mass is 434 g/mol. The minimum atomic E-state index is -0.298. The molecule has 0 saturated carbocycles. The van der Waals surface area contributed by atoms with Crippen molar-refractivity contribution in [2.75, 3.05) is 19.7 Å². The fourth-order valence-corrected chi connectivity index (χ4v) is 4.63. The Morgan fingerprint density at radius 2 is 1.84 bits per heavy atom. The summed E-state index contributed by atoms with van der Waals surface area (Å²) < 4.78 is 18.6. The Labute approximate surface area is 187 Å². The van der Waals surface area contributed by atoms with E-state index >= 15 is 0 Å². The fourth-order valence-electron chi connectivity index (χ4n) is 4.63. The van der Waals surface area contributed by atoms with E-state index in [2.05, 4.69) is 4.98 Å². The van der Waals surface area contributed by atoms with E-state index in [0.717, 1.165) is 29.3 Å². The van der Waals surface area contributed by atoms with Gasteiger partial charge in [0.2, 0.25) is 0 Å². The number of pyridine rings is 1. The highest BCUT2D eigenvalue weighted by molar-refractivity contribution is 6.06. The summed E-state index contributed by atoms with van der Waals surface area (Å²) in [7, 11) is 0. The number of likely N-dealkylation sites (tertiary alicyclic amines) is 1. The molecule has 1 atom stereocenters. The van der Waals surface area contributed by atoms with Crippen molar-refractivity contribution in [2.24, 2.45) is 5.92 Å². The Kier molecular flexibility index (Phi) is 6.78. The molecule has 1 saturated heterocycles. The first kappa shape index (κ1) is 21.9. The first-order valence-corrected chi connectivity index (χ1v) is 11.1. The predicted octanol–water partition coefficient (Wildman–Crippen LogP) is 4.96. The van der Waals surface area contributed by atoms with Crippen LogP contribution in [-0.4, -0.2) is 41.5 Å². The third-order valence-corrected chi connectivity index (χ3v) is 6.26. The first-order chi connectivity index (χ1) is 15.6. The van der Waals surface area contributed by atoms with Gasteiger partial charge in [-0.15, -0.1) is 0 Å². The van der Waals surface area contributed by atoms with E-state index in [0.29, 0.717) is 25.3 Å². The molecule has 6 heteroatoms. The van der Waals surface area contributed by atoms with E-state index in [1.54, 1.807) is 25.3 Å². The number of ether oxygens (including phenoxy) is 1. The van der Waals surface area contributed by atoms with Gasteiger partial charge in [-0.1, -0.05) is 24.3 Å². The van der Waals surface area contributed by atoms with Gasteiger partial charge in [-0.3, -0.25) is 14.6 Å². The maximum Gasteiger partial charge on any atom is 0.306 e. The number of piperidine rings is 1. The van der Waals surface area contributed by atoms with E-state index in [4.69, 9.17) is 4.74 Å². The quantitative estimate of drug-likeness (QED) is 0.515. The molecule has 0 radical (unpaired) electrons. The molecule has 1 unspecified atom stereocenters. The summed E-state index contributed by atoms with van der Waals surface area (Å²) in [5.74, 6) is -0.389. The van der Waals surface area contributed by atoms with Crippen LogP contribution in [0.15, 0.2) is 60.8 Å². The number of hydrogen-bond acceptors (Lipinski definition) is 4. The van der Waals surface area contributed by atoms with Crippen molar-refractivity contribution in [1.82, 2.24) is 9.88 Å². The Hall–Kier alpha value is -3.28. The van der Waals surface area contributed by atoms with Crippen molar-refractivity contribution >= 4 is 22.8 Å². The van der Waals surface area contributed by atoms with Crippen LogP contribution in [0.4, 0.5) is 4.39 Å². The zero-order valence-electron chi connectivity index (χ0n) is 18.2. The lowest BCUT2D eigenvalue weighted by Gasteiger charge is -2.36. The number of esters is 1. The maximum absolute atomic E-state index is 13.4. The Morgan fingerprint density at radius 3 is 2.56 bits per heavy atom. The van der Waals surface area contributed by atoms with Crippen LogP contribution in [0, 0.1) is 11.7 Å². The molecule has 1 amide bonds. The molecule has 1 aromatic heterocycles. The molecule has 5 nitrogen and oxygen atoms in total. The smallest absolute Gasteiger partial charge is 0.306 e. The Bertz CT molecular complexity index is 1090. The number of hydrogen-bond donors (Lipinski definition) is 0. The lowest BCUT2D eigenvalue weighted by atomic mass is 9.78. The van der Waals surface area contributed by atoms with Crippen LogP contribution in [0.2, 0.25) is 0 Å². The van der Waals surface area contributed by atoms with Gasteiger partial charge in [0.05, 0.1) is 18.5 Å². The molecule has 2 heterocycles. The summed E-state index contributed by atoms with van der Waals surface area (Å²) in [6.45, 7) is 3.35. The highest BCUT2D eigenvalue weighted by atomic mass is 19.1. The SMILES string of the molecule is CCOC(=O)CC(c1ccc(F)cc1)C1CCN(C(=O)c2cccc3ncccc23)CC1. The number of carbonyl (C=O) groups excluding carboxylic acids is 2. The molecule has 1 fully saturated rings. The largest absolute Gasteiger partial charge is 0.466 e. The van der Waals surface area contributed by atoms with Gasteiger partial charge in [-0.25, -0.2) is 4.39 Å². The Balaban J connectivity index is 1.49. The Morgan fingerprint density at radius 1 is 1.09 bits per heavy atom. The fraction of sp³-hybridized carbons (Fsp3) is 0.346. The molecule has 32 heavy (non-hydrogen) atoms. The standard InChI is InChI=1S/C26H27FN2O3/c1-2-32-25(30)17-23(18-8-10-20(27)11-9-18)19-12-15-29(16-13-19)26(31)22-5-3-7-24-21(22)6-4-14-28-24/h3-11,14,19,23H,2,12-13,15-17H2,1H3. The third-order valence-electron chi connectivity index (χ3n) is 6.26. The maximum atomic E-state index is 13.4. The average Bonchev–Trinajstić information content (AvgIpc) is 2.83. The van der Waals surface area contributed by atoms with Crippen LogP contribution < -0.4 is 0 Å². The third kappa shape index (κ3) is 4.79. The number of amides is 1. The summed E-state index contributed by atoms with van der Waals surface area (Å²) in [5.41, 5.74) is 2.40. The van der Waals surface area contributed by atoms with Gasteiger partial charge in [0, 0.05) is 30.2 Å². The van der Waals surface area contributed by atoms with Crippen LogP contribution in [0.3, 0.4) is 0 Å². The first-order valence-electron chi connectivity index (χ1n) is 11.1. The molecule has 0 N–H and O–H groups in total. The van der Waals surface area contributed by atoms with Gasteiger partial charge in [0.1, 0.15) is 5.82 Å². The molecule has 4 rings (SSSR count). The highest BCUT2D eigenvalue weighted by Crippen LogP contribution is 2.36. The summed E-state index contributed by atoms with van der Waals surface area (Å²) in [4.78, 5) is 31.7. The summed E-state index contributed by atoms with van der Waals surface area (Å²) in [6, 6.07) is 15.7. The van der Waals surface area contributed by atoms with E-state index in [1.165, 1.54) is 12.1 Å². The molecule has 1 aliphatic heterocycles. The van der Waals surface area contributed by atoms with E-state index in [-0.39, 0.29) is 36.0 Å². The number of rotatable bonds is 6. The van der Waals surface area contributed by atoms with Crippen LogP contribution in [0.5, 0.6) is 0 Å². The minimum Gasteiger partial charge on any atom is -0.466 e. The molecule has 0 bridgehead atoms. The zero-order valence-corrected chi connectivity index (χ0v) is 18.2. The number of halogens is 1. The summed E-state index contributed by atoms with van der Waals surface area (Å²) in [6.07, 6.45) is 3.53. The number of benzene rings is 2. The van der Waals surface area contributed by atoms with Crippen molar-refractivity contribution in [3.8, 4) is 0 Å². The van der Waals surface area contributed by atoms with Crippen LogP contribution in [0.1, 0.15) is 48.0 Å². The number of nitrogens with zero attached hydrogens (tertiary/aromatic N) is 2. The van der Waals surface area contributed by atoms with Crippen molar-refractivity contribution in [3.63, 3.8) is 0 Å².